The highest BCUT2D eigenvalue weighted by Gasteiger charge is 2.55. The van der Waals surface area contributed by atoms with E-state index in [-0.39, 0.29) is 10.7 Å². The molecule has 0 spiro atoms. The van der Waals surface area contributed by atoms with Gasteiger partial charge in [-0.15, -0.1) is 0 Å². The van der Waals surface area contributed by atoms with E-state index < -0.39 is 35.9 Å². The maximum Gasteiger partial charge on any atom is 0.417 e. The standard InChI is InChI=1S/C20H22ClF4NO/c1-4-14-6-7-15(22)9-16(14)18(2,3)12-19(27,20(23,24)25)10-13-5-8-17(21)26-11-13/h5-9,11,27H,4,10,12H2,1-3H3. The van der Waals surface area contributed by atoms with Crippen molar-refractivity contribution < 1.29 is 22.7 Å². The minimum absolute atomic E-state index is 0.155. The summed E-state index contributed by atoms with van der Waals surface area (Å²) in [5, 5.41) is 10.8. The fraction of sp³-hybridized carbons (Fsp3) is 0.450. The second-order valence-corrected chi connectivity index (χ2v) is 7.80. The third-order valence-corrected chi connectivity index (χ3v) is 4.95. The molecule has 7 heteroatoms. The lowest BCUT2D eigenvalue weighted by atomic mass is 9.71. The average Bonchev–Trinajstić information content (AvgIpc) is 2.55. The number of aryl methyl sites for hydroxylation is 1. The van der Waals surface area contributed by atoms with Crippen LogP contribution >= 0.6 is 11.6 Å². The molecule has 1 atom stereocenters. The van der Waals surface area contributed by atoms with E-state index in [0.29, 0.717) is 12.0 Å². The minimum Gasteiger partial charge on any atom is -0.380 e. The first-order valence-corrected chi connectivity index (χ1v) is 8.94. The summed E-state index contributed by atoms with van der Waals surface area (Å²) in [6.45, 7) is 5.01. The van der Waals surface area contributed by atoms with Crippen LogP contribution in [0.25, 0.3) is 0 Å². The Morgan fingerprint density at radius 2 is 1.78 bits per heavy atom. The second-order valence-electron chi connectivity index (χ2n) is 7.41. The van der Waals surface area contributed by atoms with Gasteiger partial charge >= 0.3 is 6.18 Å². The first-order valence-electron chi connectivity index (χ1n) is 8.56. The third-order valence-electron chi connectivity index (χ3n) is 4.73. The van der Waals surface area contributed by atoms with Gasteiger partial charge in [0.2, 0.25) is 0 Å². The Bertz CT molecular complexity index is 790. The zero-order valence-corrected chi connectivity index (χ0v) is 16.1. The Kier molecular flexibility index (Phi) is 6.22. The molecule has 1 N–H and O–H groups in total. The van der Waals surface area contributed by atoms with Crippen LogP contribution in [0, 0.1) is 5.82 Å². The number of hydrogen-bond donors (Lipinski definition) is 1. The molecule has 0 radical (unpaired) electrons. The van der Waals surface area contributed by atoms with Crippen molar-refractivity contribution in [3.05, 3.63) is 64.2 Å². The maximum absolute atomic E-state index is 13.8. The summed E-state index contributed by atoms with van der Waals surface area (Å²) in [6, 6.07) is 6.88. The van der Waals surface area contributed by atoms with Crippen LogP contribution in [0.3, 0.4) is 0 Å². The second kappa shape index (κ2) is 7.76. The molecule has 2 aromatic rings. The van der Waals surface area contributed by atoms with Crippen LogP contribution in [0.5, 0.6) is 0 Å². The average molecular weight is 404 g/mol. The molecule has 0 saturated carbocycles. The molecule has 1 heterocycles. The molecule has 2 rings (SSSR count). The molecule has 0 aliphatic carbocycles. The van der Waals surface area contributed by atoms with Crippen LogP contribution in [-0.4, -0.2) is 21.9 Å². The smallest absolute Gasteiger partial charge is 0.380 e. The van der Waals surface area contributed by atoms with Crippen LogP contribution in [-0.2, 0) is 18.3 Å². The van der Waals surface area contributed by atoms with Crippen molar-refractivity contribution in [1.29, 1.82) is 0 Å². The van der Waals surface area contributed by atoms with E-state index in [4.69, 9.17) is 11.6 Å². The van der Waals surface area contributed by atoms with Crippen molar-refractivity contribution in [1.82, 2.24) is 4.98 Å². The highest BCUT2D eigenvalue weighted by molar-refractivity contribution is 6.29. The van der Waals surface area contributed by atoms with Gasteiger partial charge in [0.1, 0.15) is 11.0 Å². The molecular formula is C20H22ClF4NO. The van der Waals surface area contributed by atoms with Crippen molar-refractivity contribution in [2.45, 2.75) is 57.2 Å². The van der Waals surface area contributed by atoms with Gasteiger partial charge in [-0.25, -0.2) is 9.37 Å². The first kappa shape index (κ1) is 21.6. The van der Waals surface area contributed by atoms with E-state index in [0.717, 1.165) is 5.56 Å². The normalized spacial score (nSPS) is 14.9. The quantitative estimate of drug-likeness (QED) is 0.500. The van der Waals surface area contributed by atoms with Gasteiger partial charge in [0.05, 0.1) is 0 Å². The minimum atomic E-state index is -4.87. The van der Waals surface area contributed by atoms with Crippen LogP contribution in [0.2, 0.25) is 5.15 Å². The van der Waals surface area contributed by atoms with Crippen LogP contribution < -0.4 is 0 Å². The third kappa shape index (κ3) is 4.99. The van der Waals surface area contributed by atoms with E-state index >= 15 is 0 Å². The SMILES string of the molecule is CCc1ccc(F)cc1C(C)(C)CC(O)(Cc1ccc(Cl)nc1)C(F)(F)F. The molecule has 148 valence electrons. The summed E-state index contributed by atoms with van der Waals surface area (Å²) >= 11 is 5.68. The largest absolute Gasteiger partial charge is 0.417 e. The van der Waals surface area contributed by atoms with Crippen molar-refractivity contribution in [2.75, 3.05) is 0 Å². The zero-order valence-electron chi connectivity index (χ0n) is 15.4. The predicted molar refractivity (Wildman–Crippen MR) is 97.4 cm³/mol. The lowest BCUT2D eigenvalue weighted by Gasteiger charge is -2.39. The van der Waals surface area contributed by atoms with Gasteiger partial charge in [-0.3, -0.25) is 0 Å². The molecule has 0 fully saturated rings. The van der Waals surface area contributed by atoms with Gasteiger partial charge in [0, 0.05) is 12.6 Å². The Hall–Kier alpha value is -1.66. The van der Waals surface area contributed by atoms with Crippen molar-refractivity contribution in [3.8, 4) is 0 Å². The summed E-state index contributed by atoms with van der Waals surface area (Å²) in [5.41, 5.74) is -2.69. The number of pyridine rings is 1. The number of aromatic nitrogens is 1. The van der Waals surface area contributed by atoms with E-state index in [1.807, 2.05) is 6.92 Å². The summed E-state index contributed by atoms with van der Waals surface area (Å²) < 4.78 is 55.2. The van der Waals surface area contributed by atoms with Gasteiger partial charge in [-0.1, -0.05) is 44.5 Å². The molecule has 1 aromatic carbocycles. The molecule has 0 aliphatic rings. The lowest BCUT2D eigenvalue weighted by molar-refractivity contribution is -0.266. The molecule has 0 aliphatic heterocycles. The zero-order chi connectivity index (χ0) is 20.5. The number of halogens is 5. The van der Waals surface area contributed by atoms with Gasteiger partial charge in [-0.05, 0) is 53.1 Å². The topological polar surface area (TPSA) is 33.1 Å². The number of benzene rings is 1. The van der Waals surface area contributed by atoms with Gasteiger partial charge in [-0.2, -0.15) is 13.2 Å². The number of alkyl halides is 3. The number of aliphatic hydroxyl groups is 1. The fourth-order valence-electron chi connectivity index (χ4n) is 3.42. The van der Waals surface area contributed by atoms with E-state index in [9.17, 15) is 22.7 Å². The highest BCUT2D eigenvalue weighted by Crippen LogP contribution is 2.43. The summed E-state index contributed by atoms with van der Waals surface area (Å²) in [6.07, 6.45) is -4.40. The number of hydrogen-bond acceptors (Lipinski definition) is 2. The van der Waals surface area contributed by atoms with Crippen LogP contribution in [0.1, 0.15) is 43.9 Å². The van der Waals surface area contributed by atoms with Crippen molar-refractivity contribution in [3.63, 3.8) is 0 Å². The number of rotatable bonds is 6. The van der Waals surface area contributed by atoms with Gasteiger partial charge in [0.15, 0.2) is 5.60 Å². The van der Waals surface area contributed by atoms with E-state index in [2.05, 4.69) is 4.98 Å². The fourth-order valence-corrected chi connectivity index (χ4v) is 3.54. The van der Waals surface area contributed by atoms with E-state index in [1.165, 1.54) is 30.5 Å². The van der Waals surface area contributed by atoms with Gasteiger partial charge < -0.3 is 5.11 Å². The molecule has 0 saturated heterocycles. The Balaban J connectivity index is 2.43. The van der Waals surface area contributed by atoms with Crippen molar-refractivity contribution >= 4 is 11.6 Å². The summed E-state index contributed by atoms with van der Waals surface area (Å²) in [5.74, 6) is -0.521. The van der Waals surface area contributed by atoms with Crippen molar-refractivity contribution in [2.24, 2.45) is 0 Å². The van der Waals surface area contributed by atoms with E-state index in [1.54, 1.807) is 19.9 Å². The Morgan fingerprint density at radius 3 is 2.30 bits per heavy atom. The molecule has 1 unspecified atom stereocenters. The first-order chi connectivity index (χ1) is 12.4. The molecule has 0 amide bonds. The molecule has 0 bridgehead atoms. The molecule has 27 heavy (non-hydrogen) atoms. The van der Waals surface area contributed by atoms with Crippen LogP contribution in [0.4, 0.5) is 17.6 Å². The maximum atomic E-state index is 13.8. The van der Waals surface area contributed by atoms with Crippen LogP contribution in [0.15, 0.2) is 36.5 Å². The summed E-state index contributed by atoms with van der Waals surface area (Å²) in [4.78, 5) is 3.78. The monoisotopic (exact) mass is 403 g/mol. The molecule has 2 nitrogen and oxygen atoms in total. The number of nitrogens with zero attached hydrogens (tertiary/aromatic N) is 1. The van der Waals surface area contributed by atoms with Gasteiger partial charge in [0.25, 0.3) is 0 Å². The highest BCUT2D eigenvalue weighted by atomic mass is 35.5. The Morgan fingerprint density at radius 1 is 1.11 bits per heavy atom. The summed E-state index contributed by atoms with van der Waals surface area (Å²) in [7, 11) is 0. The lowest BCUT2D eigenvalue weighted by Crippen LogP contribution is -2.51. The Labute approximate surface area is 161 Å². The molecular weight excluding hydrogens is 382 g/mol. The predicted octanol–water partition coefficient (Wildman–Crippen LogP) is 5.64. The molecule has 1 aromatic heterocycles.